The van der Waals surface area contributed by atoms with E-state index in [0.29, 0.717) is 19.5 Å². The predicted molar refractivity (Wildman–Crippen MR) is 78.1 cm³/mol. The highest BCUT2D eigenvalue weighted by molar-refractivity contribution is 6.01. The third kappa shape index (κ3) is 2.07. The van der Waals surface area contributed by atoms with Gasteiger partial charge in [-0.25, -0.2) is 0 Å². The number of carbonyl (C=O) groups is 2. The van der Waals surface area contributed by atoms with E-state index in [0.717, 1.165) is 22.5 Å². The quantitative estimate of drug-likeness (QED) is 0.869. The number of nitrogens with one attached hydrogen (secondary N) is 1. The minimum absolute atomic E-state index is 0.00542. The smallest absolute Gasteiger partial charge is 0.231 e. The molecule has 0 fully saturated rings. The zero-order valence-electron chi connectivity index (χ0n) is 11.9. The molecule has 3 heterocycles. The van der Waals surface area contributed by atoms with Crippen LogP contribution in [-0.4, -0.2) is 28.4 Å². The lowest BCUT2D eigenvalue weighted by Crippen LogP contribution is -2.41. The Hall–Kier alpha value is -2.63. The minimum Gasteiger partial charge on any atom is -0.364 e. The monoisotopic (exact) mass is 297 g/mol. The molecule has 112 valence electrons. The second-order valence-electron chi connectivity index (χ2n) is 5.69. The number of hydrogen-bond donors (Lipinski definition) is 1. The molecule has 0 saturated heterocycles. The Bertz CT molecular complexity index is 753. The first-order chi connectivity index (χ1) is 10.7. The highest BCUT2D eigenvalue weighted by Gasteiger charge is 2.34. The molecule has 0 aliphatic carbocycles. The van der Waals surface area contributed by atoms with Gasteiger partial charge in [-0.15, -0.1) is 0 Å². The van der Waals surface area contributed by atoms with Crippen LogP contribution in [0.2, 0.25) is 0 Å². The highest BCUT2D eigenvalue weighted by Crippen LogP contribution is 2.34. The number of carbonyl (C=O) groups excluding carboxylic acids is 2. The molecule has 1 aromatic heterocycles. The van der Waals surface area contributed by atoms with Gasteiger partial charge in [0.2, 0.25) is 11.8 Å². The van der Waals surface area contributed by atoms with Crippen molar-refractivity contribution in [3.63, 3.8) is 0 Å². The topological polar surface area (TPSA) is 75.4 Å². The molecule has 1 aromatic carbocycles. The van der Waals surface area contributed by atoms with Gasteiger partial charge >= 0.3 is 0 Å². The summed E-state index contributed by atoms with van der Waals surface area (Å²) in [5, 5.41) is 6.76. The highest BCUT2D eigenvalue weighted by atomic mass is 16.5. The molecule has 2 amide bonds. The van der Waals surface area contributed by atoms with Crippen molar-refractivity contribution in [1.82, 2.24) is 10.1 Å². The standard InChI is InChI=1S/C16H15N3O3/c20-15-7-12(11-3-1-2-4-14(11)17-15)16(21)19-6-5-13-10(8-19)9-22-18-13/h1-4,9,12H,5-8H2,(H,17,20)/t12-/m1/s1. The fourth-order valence-corrected chi connectivity index (χ4v) is 3.18. The summed E-state index contributed by atoms with van der Waals surface area (Å²) in [4.78, 5) is 26.6. The maximum atomic E-state index is 12.9. The van der Waals surface area contributed by atoms with Gasteiger partial charge in [0.25, 0.3) is 0 Å². The lowest BCUT2D eigenvalue weighted by molar-refractivity contribution is -0.135. The number of hydrogen-bond acceptors (Lipinski definition) is 4. The molecule has 0 spiro atoms. The SMILES string of the molecule is O=C1C[C@@H](C(=O)N2CCc3nocc3C2)c2ccccc2N1. The van der Waals surface area contributed by atoms with E-state index in [-0.39, 0.29) is 18.2 Å². The number of aromatic nitrogens is 1. The summed E-state index contributed by atoms with van der Waals surface area (Å²) < 4.78 is 4.96. The van der Waals surface area contributed by atoms with Gasteiger partial charge in [0, 0.05) is 30.6 Å². The van der Waals surface area contributed by atoms with Gasteiger partial charge in [-0.05, 0) is 11.6 Å². The Morgan fingerprint density at radius 1 is 1.36 bits per heavy atom. The van der Waals surface area contributed by atoms with Crippen LogP contribution in [0.15, 0.2) is 35.1 Å². The van der Waals surface area contributed by atoms with Crippen LogP contribution >= 0.6 is 0 Å². The molecular weight excluding hydrogens is 282 g/mol. The van der Waals surface area contributed by atoms with Crippen molar-refractivity contribution in [2.75, 3.05) is 11.9 Å². The van der Waals surface area contributed by atoms with Crippen LogP contribution in [0.25, 0.3) is 0 Å². The number of benzene rings is 1. The summed E-state index contributed by atoms with van der Waals surface area (Å²) in [5.41, 5.74) is 3.50. The van der Waals surface area contributed by atoms with Crippen molar-refractivity contribution in [3.8, 4) is 0 Å². The Labute approximate surface area is 127 Å². The van der Waals surface area contributed by atoms with E-state index < -0.39 is 5.92 Å². The molecule has 2 aliphatic rings. The normalized spacial score (nSPS) is 20.1. The maximum Gasteiger partial charge on any atom is 0.231 e. The molecule has 4 rings (SSSR count). The Balaban J connectivity index is 1.62. The Kier molecular flexibility index (Phi) is 2.96. The van der Waals surface area contributed by atoms with E-state index in [1.807, 2.05) is 24.3 Å². The van der Waals surface area contributed by atoms with Crippen LogP contribution < -0.4 is 5.32 Å². The molecule has 0 unspecified atom stereocenters. The molecule has 6 nitrogen and oxygen atoms in total. The summed E-state index contributed by atoms with van der Waals surface area (Å²) >= 11 is 0. The number of rotatable bonds is 1. The van der Waals surface area contributed by atoms with Gasteiger partial charge in [0.1, 0.15) is 6.26 Å². The lowest BCUT2D eigenvalue weighted by atomic mass is 9.89. The second-order valence-corrected chi connectivity index (χ2v) is 5.69. The van der Waals surface area contributed by atoms with E-state index in [1.165, 1.54) is 0 Å². The molecule has 0 radical (unpaired) electrons. The minimum atomic E-state index is -0.411. The first-order valence-corrected chi connectivity index (χ1v) is 7.32. The summed E-state index contributed by atoms with van der Waals surface area (Å²) in [5.74, 6) is -0.528. The first-order valence-electron chi connectivity index (χ1n) is 7.32. The van der Waals surface area contributed by atoms with Gasteiger partial charge in [-0.1, -0.05) is 23.4 Å². The van der Waals surface area contributed by atoms with Crippen molar-refractivity contribution in [2.24, 2.45) is 0 Å². The zero-order valence-corrected chi connectivity index (χ0v) is 11.9. The Morgan fingerprint density at radius 3 is 3.14 bits per heavy atom. The molecule has 0 bridgehead atoms. The molecule has 1 N–H and O–H groups in total. The van der Waals surface area contributed by atoms with Crippen molar-refractivity contribution in [2.45, 2.75) is 25.3 Å². The van der Waals surface area contributed by atoms with E-state index in [2.05, 4.69) is 10.5 Å². The van der Waals surface area contributed by atoms with Crippen LogP contribution in [-0.2, 0) is 22.6 Å². The summed E-state index contributed by atoms with van der Waals surface area (Å²) in [6.45, 7) is 1.11. The second kappa shape index (κ2) is 4.98. The van der Waals surface area contributed by atoms with Crippen LogP contribution in [0.3, 0.4) is 0 Å². The number of nitrogens with zero attached hydrogens (tertiary/aromatic N) is 2. The average Bonchev–Trinajstić information content (AvgIpc) is 3.00. The molecule has 6 heteroatoms. The van der Waals surface area contributed by atoms with Gasteiger partial charge in [0.15, 0.2) is 0 Å². The van der Waals surface area contributed by atoms with E-state index in [1.54, 1.807) is 11.2 Å². The summed E-state index contributed by atoms with van der Waals surface area (Å²) in [6, 6.07) is 7.49. The number of anilines is 1. The molecule has 2 aliphatic heterocycles. The van der Waals surface area contributed by atoms with Crippen LogP contribution in [0.1, 0.15) is 29.2 Å². The van der Waals surface area contributed by atoms with Crippen molar-refractivity contribution < 1.29 is 14.1 Å². The first kappa shape index (κ1) is 13.1. The van der Waals surface area contributed by atoms with Crippen LogP contribution in [0.5, 0.6) is 0 Å². The van der Waals surface area contributed by atoms with E-state index in [9.17, 15) is 9.59 Å². The summed E-state index contributed by atoms with van der Waals surface area (Å²) in [6.07, 6.45) is 2.48. The number of para-hydroxylation sites is 1. The molecule has 22 heavy (non-hydrogen) atoms. The molecule has 2 aromatic rings. The molecule has 1 atom stereocenters. The number of amides is 2. The van der Waals surface area contributed by atoms with Gasteiger partial charge < -0.3 is 14.7 Å². The van der Waals surface area contributed by atoms with Crippen molar-refractivity contribution in [3.05, 3.63) is 47.3 Å². The third-order valence-electron chi connectivity index (χ3n) is 4.32. The Morgan fingerprint density at radius 2 is 2.23 bits per heavy atom. The maximum absolute atomic E-state index is 12.9. The fourth-order valence-electron chi connectivity index (χ4n) is 3.18. The largest absolute Gasteiger partial charge is 0.364 e. The average molecular weight is 297 g/mol. The molecule has 0 saturated carbocycles. The third-order valence-corrected chi connectivity index (χ3v) is 4.32. The van der Waals surface area contributed by atoms with E-state index >= 15 is 0 Å². The van der Waals surface area contributed by atoms with Crippen LogP contribution in [0.4, 0.5) is 5.69 Å². The summed E-state index contributed by atoms with van der Waals surface area (Å²) in [7, 11) is 0. The van der Waals surface area contributed by atoms with Crippen molar-refractivity contribution in [1.29, 1.82) is 0 Å². The van der Waals surface area contributed by atoms with Crippen LogP contribution in [0, 0.1) is 0 Å². The van der Waals surface area contributed by atoms with E-state index in [4.69, 9.17) is 4.52 Å². The van der Waals surface area contributed by atoms with Gasteiger partial charge in [-0.2, -0.15) is 0 Å². The fraction of sp³-hybridized carbons (Fsp3) is 0.312. The zero-order chi connectivity index (χ0) is 15.1. The molecular formula is C16H15N3O3. The van der Waals surface area contributed by atoms with Gasteiger partial charge in [-0.3, -0.25) is 9.59 Å². The van der Waals surface area contributed by atoms with Gasteiger partial charge in [0.05, 0.1) is 18.2 Å². The van der Waals surface area contributed by atoms with Crippen molar-refractivity contribution >= 4 is 17.5 Å². The lowest BCUT2D eigenvalue weighted by Gasteiger charge is -2.32. The predicted octanol–water partition coefficient (Wildman–Crippen LogP) is 1.69. The number of fused-ring (bicyclic) bond motifs is 2.